The summed E-state index contributed by atoms with van der Waals surface area (Å²) in [5, 5.41) is 3.52. The number of nitrogens with zero attached hydrogens (tertiary/aromatic N) is 1. The highest BCUT2D eigenvalue weighted by molar-refractivity contribution is 5.59. The lowest BCUT2D eigenvalue weighted by molar-refractivity contribution is 0.0384. The lowest BCUT2D eigenvalue weighted by Gasteiger charge is -2.36. The first-order valence-electron chi connectivity index (χ1n) is 12.0. The zero-order valence-electron chi connectivity index (χ0n) is 19.4. The van der Waals surface area contributed by atoms with E-state index in [-0.39, 0.29) is 11.7 Å². The second-order valence-corrected chi connectivity index (χ2v) is 8.99. The number of fused-ring (bicyclic) bond motifs is 2. The molecule has 0 amide bonds. The Morgan fingerprint density at radius 1 is 0.971 bits per heavy atom. The fourth-order valence-electron chi connectivity index (χ4n) is 4.87. The van der Waals surface area contributed by atoms with Gasteiger partial charge in [0.2, 0.25) is 5.56 Å². The first-order valence-corrected chi connectivity index (χ1v) is 12.0. The van der Waals surface area contributed by atoms with Crippen LogP contribution in [0.15, 0.2) is 89.9 Å². The number of aromatic amines is 1. The van der Waals surface area contributed by atoms with Gasteiger partial charge in [-0.25, -0.2) is 0 Å². The zero-order valence-corrected chi connectivity index (χ0v) is 19.4. The topological polar surface area (TPSA) is 66.6 Å². The van der Waals surface area contributed by atoms with Crippen molar-refractivity contribution in [2.75, 3.05) is 29.9 Å². The van der Waals surface area contributed by atoms with Gasteiger partial charge in [0, 0.05) is 60.8 Å². The molecule has 4 aromatic rings. The van der Waals surface area contributed by atoms with Crippen LogP contribution in [-0.4, -0.2) is 24.7 Å². The summed E-state index contributed by atoms with van der Waals surface area (Å²) in [6.45, 7) is 2.79. The van der Waals surface area contributed by atoms with Crippen molar-refractivity contribution in [2.24, 2.45) is 0 Å². The van der Waals surface area contributed by atoms with Crippen LogP contribution in [0, 0.1) is 0 Å². The van der Waals surface area contributed by atoms with Crippen molar-refractivity contribution >= 4 is 11.4 Å². The van der Waals surface area contributed by atoms with Crippen LogP contribution in [0.5, 0.6) is 11.5 Å². The highest BCUT2D eigenvalue weighted by Crippen LogP contribution is 2.43. The third kappa shape index (κ3) is 4.53. The zero-order chi connectivity index (χ0) is 23.6. The molecule has 6 rings (SSSR count). The number of morpholine rings is 1. The van der Waals surface area contributed by atoms with Crippen molar-refractivity contribution in [2.45, 2.75) is 19.1 Å². The molecule has 1 aromatic heterocycles. The molecule has 0 saturated carbocycles. The lowest BCUT2D eigenvalue weighted by Crippen LogP contribution is -2.39. The van der Waals surface area contributed by atoms with Crippen LogP contribution >= 0.6 is 0 Å². The van der Waals surface area contributed by atoms with Crippen LogP contribution in [0.3, 0.4) is 0 Å². The fraction of sp³-hybridized carbons (Fsp3) is 0.207. The number of hydrogen-bond donors (Lipinski definition) is 2. The van der Waals surface area contributed by atoms with Gasteiger partial charge >= 0.3 is 0 Å². The predicted molar refractivity (Wildman–Crippen MR) is 138 cm³/mol. The highest BCUT2D eigenvalue weighted by Gasteiger charge is 2.28. The van der Waals surface area contributed by atoms with Gasteiger partial charge in [-0.3, -0.25) is 4.79 Å². The Hall–Kier alpha value is -4.03. The molecule has 2 aliphatic heterocycles. The summed E-state index contributed by atoms with van der Waals surface area (Å²) in [5.74, 6) is 1.78. The Bertz CT molecular complexity index is 1400. The molecular formula is C29H27N3O3. The molecule has 1 unspecified atom stereocenters. The number of rotatable bonds is 5. The van der Waals surface area contributed by atoms with Gasteiger partial charge in [0.1, 0.15) is 17.6 Å². The molecule has 3 heterocycles. The molecule has 6 heteroatoms. The number of ether oxygens (including phenoxy) is 2. The van der Waals surface area contributed by atoms with Crippen molar-refractivity contribution in [1.82, 2.24) is 4.98 Å². The quantitative estimate of drug-likeness (QED) is 0.371. The van der Waals surface area contributed by atoms with Gasteiger partial charge in [-0.2, -0.15) is 0 Å². The van der Waals surface area contributed by atoms with E-state index in [2.05, 4.69) is 69.8 Å². The summed E-state index contributed by atoms with van der Waals surface area (Å²) < 4.78 is 12.6. The highest BCUT2D eigenvalue weighted by atomic mass is 16.5. The summed E-state index contributed by atoms with van der Waals surface area (Å²) in [4.78, 5) is 16.7. The van der Waals surface area contributed by atoms with Gasteiger partial charge in [-0.1, -0.05) is 48.5 Å². The molecule has 176 valence electrons. The van der Waals surface area contributed by atoms with E-state index in [0.29, 0.717) is 13.2 Å². The summed E-state index contributed by atoms with van der Waals surface area (Å²) in [7, 11) is 0. The van der Waals surface area contributed by atoms with Crippen LogP contribution in [-0.2, 0) is 17.7 Å². The molecule has 1 atom stereocenters. The number of benzene rings is 3. The molecule has 0 spiro atoms. The predicted octanol–water partition coefficient (Wildman–Crippen LogP) is 5.26. The molecule has 1 fully saturated rings. The maximum absolute atomic E-state index is 11.8. The molecule has 35 heavy (non-hydrogen) atoms. The standard InChI is InChI=1S/C29H27N3O3/c33-28-17-24(11-12-30-28)32-13-14-34-27(19-32)25-8-4-7-21-15-22-16-23(9-10-26(22)35-29(21)25)31-18-20-5-2-1-3-6-20/h1-12,16-17,27,31H,13-15,18-19H2,(H,30,33). The third-order valence-electron chi connectivity index (χ3n) is 6.66. The number of pyridine rings is 1. The number of para-hydroxylation sites is 1. The van der Waals surface area contributed by atoms with Gasteiger partial charge in [-0.15, -0.1) is 0 Å². The molecule has 1 saturated heterocycles. The molecule has 3 aromatic carbocycles. The Morgan fingerprint density at radius 2 is 1.89 bits per heavy atom. The Morgan fingerprint density at radius 3 is 2.77 bits per heavy atom. The largest absolute Gasteiger partial charge is 0.456 e. The summed E-state index contributed by atoms with van der Waals surface area (Å²) in [6, 6.07) is 26.6. The maximum Gasteiger partial charge on any atom is 0.249 e. The minimum absolute atomic E-state index is 0.0970. The smallest absolute Gasteiger partial charge is 0.249 e. The fourth-order valence-corrected chi connectivity index (χ4v) is 4.87. The summed E-state index contributed by atoms with van der Waals surface area (Å²) >= 11 is 0. The first kappa shape index (κ1) is 21.5. The molecule has 0 aliphatic carbocycles. The first-order chi connectivity index (χ1) is 17.2. The third-order valence-corrected chi connectivity index (χ3v) is 6.66. The van der Waals surface area contributed by atoms with Gasteiger partial charge in [0.25, 0.3) is 0 Å². The second kappa shape index (κ2) is 9.31. The number of H-pyrrole nitrogens is 1. The number of anilines is 2. The van der Waals surface area contributed by atoms with Crippen LogP contribution < -0.4 is 20.5 Å². The van der Waals surface area contributed by atoms with Gasteiger partial charge in [-0.05, 0) is 35.4 Å². The van der Waals surface area contributed by atoms with E-state index in [1.807, 2.05) is 18.2 Å². The minimum atomic E-state index is -0.133. The van der Waals surface area contributed by atoms with Crippen molar-refractivity contribution < 1.29 is 9.47 Å². The molecule has 2 N–H and O–H groups in total. The normalized spacial score (nSPS) is 16.7. The summed E-state index contributed by atoms with van der Waals surface area (Å²) in [6.07, 6.45) is 2.37. The van der Waals surface area contributed by atoms with Gasteiger partial charge < -0.3 is 24.7 Å². The SMILES string of the molecule is O=c1cc(N2CCOC(c3cccc4c3Oc3ccc(NCc5ccccc5)cc3C4)C2)cc[nH]1. The number of aromatic nitrogens is 1. The Balaban J connectivity index is 1.21. The van der Waals surface area contributed by atoms with Gasteiger partial charge in [0.15, 0.2) is 0 Å². The van der Waals surface area contributed by atoms with E-state index >= 15 is 0 Å². The van der Waals surface area contributed by atoms with E-state index < -0.39 is 0 Å². The van der Waals surface area contributed by atoms with Crippen molar-refractivity contribution in [1.29, 1.82) is 0 Å². The minimum Gasteiger partial charge on any atom is -0.456 e. The number of nitrogens with one attached hydrogen (secondary N) is 2. The average molecular weight is 466 g/mol. The molecule has 0 radical (unpaired) electrons. The average Bonchev–Trinajstić information content (AvgIpc) is 2.91. The maximum atomic E-state index is 11.8. The van der Waals surface area contributed by atoms with Gasteiger partial charge in [0.05, 0.1) is 6.61 Å². The molecule has 2 aliphatic rings. The van der Waals surface area contributed by atoms with E-state index in [9.17, 15) is 4.79 Å². The van der Waals surface area contributed by atoms with Crippen molar-refractivity contribution in [3.05, 3.63) is 118 Å². The Kier molecular flexibility index (Phi) is 5.72. The lowest BCUT2D eigenvalue weighted by atomic mass is 9.95. The summed E-state index contributed by atoms with van der Waals surface area (Å²) in [5.41, 5.74) is 6.52. The van der Waals surface area contributed by atoms with Crippen LogP contribution in [0.4, 0.5) is 11.4 Å². The van der Waals surface area contributed by atoms with Crippen LogP contribution in [0.25, 0.3) is 0 Å². The van der Waals surface area contributed by atoms with E-state index in [4.69, 9.17) is 9.47 Å². The Labute approximate surface area is 204 Å². The van der Waals surface area contributed by atoms with E-state index in [1.54, 1.807) is 12.3 Å². The molecular weight excluding hydrogens is 438 g/mol. The van der Waals surface area contributed by atoms with Crippen molar-refractivity contribution in [3.63, 3.8) is 0 Å². The van der Waals surface area contributed by atoms with Crippen LogP contribution in [0.2, 0.25) is 0 Å². The molecule has 6 nitrogen and oxygen atoms in total. The molecule has 0 bridgehead atoms. The number of hydrogen-bond acceptors (Lipinski definition) is 5. The second-order valence-electron chi connectivity index (χ2n) is 8.99. The monoisotopic (exact) mass is 465 g/mol. The van der Waals surface area contributed by atoms with E-state index in [0.717, 1.165) is 53.5 Å². The van der Waals surface area contributed by atoms with Crippen LogP contribution in [0.1, 0.15) is 28.4 Å². The van der Waals surface area contributed by atoms with E-state index in [1.165, 1.54) is 11.1 Å². The van der Waals surface area contributed by atoms with Crippen molar-refractivity contribution in [3.8, 4) is 11.5 Å².